The van der Waals surface area contributed by atoms with Crippen molar-refractivity contribution in [1.29, 1.82) is 0 Å². The summed E-state index contributed by atoms with van der Waals surface area (Å²) in [5.74, 6) is 0.151. The maximum Gasteiger partial charge on any atom is 0.167 e. The summed E-state index contributed by atoms with van der Waals surface area (Å²) in [5.41, 5.74) is 5.14. The quantitative estimate of drug-likeness (QED) is 0.668. The van der Waals surface area contributed by atoms with E-state index in [2.05, 4.69) is 31.0 Å². The smallest absolute Gasteiger partial charge is 0.167 e. The van der Waals surface area contributed by atoms with Gasteiger partial charge in [0.15, 0.2) is 5.78 Å². The molecule has 0 unspecified atom stereocenters. The molecule has 0 bridgehead atoms. The van der Waals surface area contributed by atoms with Crippen molar-refractivity contribution in [3.63, 3.8) is 0 Å². The van der Waals surface area contributed by atoms with Crippen molar-refractivity contribution in [3.8, 4) is 0 Å². The number of Topliss-reactive ketones (excluding diaryl/α,β-unsaturated/α-hetero) is 1. The molecule has 104 valence electrons. The fourth-order valence-corrected chi connectivity index (χ4v) is 2.64. The maximum atomic E-state index is 12.5. The first kappa shape index (κ1) is 13.5. The molecule has 1 aromatic heterocycles. The fraction of sp³-hybridized carbons (Fsp3) is 0.158. The number of fused-ring (bicyclic) bond motifs is 1. The molecule has 21 heavy (non-hydrogen) atoms. The van der Waals surface area contributed by atoms with Gasteiger partial charge in [-0.2, -0.15) is 0 Å². The van der Waals surface area contributed by atoms with Crippen LogP contribution in [0.2, 0.25) is 0 Å². The van der Waals surface area contributed by atoms with Crippen molar-refractivity contribution in [3.05, 3.63) is 77.0 Å². The van der Waals surface area contributed by atoms with E-state index in [9.17, 15) is 4.79 Å². The average Bonchev–Trinajstić information content (AvgIpc) is 2.50. The van der Waals surface area contributed by atoms with Crippen molar-refractivity contribution in [2.75, 3.05) is 0 Å². The van der Waals surface area contributed by atoms with Gasteiger partial charge in [0.05, 0.1) is 5.52 Å². The van der Waals surface area contributed by atoms with Gasteiger partial charge in [0.25, 0.3) is 0 Å². The standard InChI is InChI=1S/C19H17NO/c1-13-5-3-6-14(2)17(13)12-19(21)16-8-9-18-15(11-16)7-4-10-20-18/h3-11H,12H2,1-2H3. The van der Waals surface area contributed by atoms with Crippen molar-refractivity contribution in [2.24, 2.45) is 0 Å². The lowest BCUT2D eigenvalue weighted by molar-refractivity contribution is 0.0992. The summed E-state index contributed by atoms with van der Waals surface area (Å²) in [5, 5.41) is 1.00. The van der Waals surface area contributed by atoms with E-state index in [1.807, 2.05) is 36.4 Å². The topological polar surface area (TPSA) is 30.0 Å². The summed E-state index contributed by atoms with van der Waals surface area (Å²) in [6, 6.07) is 15.7. The zero-order valence-corrected chi connectivity index (χ0v) is 12.3. The number of aromatic nitrogens is 1. The number of benzene rings is 2. The molecule has 0 radical (unpaired) electrons. The minimum absolute atomic E-state index is 0.151. The summed E-state index contributed by atoms with van der Waals surface area (Å²) < 4.78 is 0. The van der Waals surface area contributed by atoms with Gasteiger partial charge in [-0.15, -0.1) is 0 Å². The normalized spacial score (nSPS) is 10.8. The monoisotopic (exact) mass is 275 g/mol. The first-order valence-corrected chi connectivity index (χ1v) is 7.08. The number of nitrogens with zero attached hydrogens (tertiary/aromatic N) is 1. The third-order valence-corrected chi connectivity index (χ3v) is 3.91. The second-order valence-corrected chi connectivity index (χ2v) is 5.38. The predicted molar refractivity (Wildman–Crippen MR) is 85.7 cm³/mol. The number of hydrogen-bond donors (Lipinski definition) is 0. The van der Waals surface area contributed by atoms with Crippen LogP contribution in [0.3, 0.4) is 0 Å². The Morgan fingerprint density at radius 3 is 2.52 bits per heavy atom. The van der Waals surface area contributed by atoms with Crippen molar-refractivity contribution in [2.45, 2.75) is 20.3 Å². The van der Waals surface area contributed by atoms with Gasteiger partial charge in [0.2, 0.25) is 0 Å². The van der Waals surface area contributed by atoms with Crippen molar-refractivity contribution >= 4 is 16.7 Å². The zero-order chi connectivity index (χ0) is 14.8. The van der Waals surface area contributed by atoms with Crippen LogP contribution in [0.15, 0.2) is 54.7 Å². The van der Waals surface area contributed by atoms with E-state index in [1.165, 1.54) is 11.1 Å². The van der Waals surface area contributed by atoms with E-state index < -0.39 is 0 Å². The summed E-state index contributed by atoms with van der Waals surface area (Å²) in [4.78, 5) is 16.8. The first-order valence-electron chi connectivity index (χ1n) is 7.08. The highest BCUT2D eigenvalue weighted by Gasteiger charge is 2.11. The minimum Gasteiger partial charge on any atom is -0.294 e. The number of carbonyl (C=O) groups excluding carboxylic acids is 1. The average molecular weight is 275 g/mol. The SMILES string of the molecule is Cc1cccc(C)c1CC(=O)c1ccc2ncccc2c1. The zero-order valence-electron chi connectivity index (χ0n) is 12.3. The van der Waals surface area contributed by atoms with Gasteiger partial charge in [-0.05, 0) is 54.8 Å². The molecular formula is C19H17NO. The van der Waals surface area contributed by atoms with Crippen LogP contribution in [-0.4, -0.2) is 10.8 Å². The van der Waals surface area contributed by atoms with Gasteiger partial charge in [-0.3, -0.25) is 9.78 Å². The van der Waals surface area contributed by atoms with Crippen LogP contribution in [0, 0.1) is 13.8 Å². The van der Waals surface area contributed by atoms with E-state index in [-0.39, 0.29) is 5.78 Å². The van der Waals surface area contributed by atoms with Gasteiger partial charge in [-0.1, -0.05) is 24.3 Å². The largest absolute Gasteiger partial charge is 0.294 e. The molecule has 0 saturated carbocycles. The Labute approximate surface area is 124 Å². The van der Waals surface area contributed by atoms with Crippen LogP contribution in [0.1, 0.15) is 27.0 Å². The number of aryl methyl sites for hydroxylation is 2. The van der Waals surface area contributed by atoms with Gasteiger partial charge in [0, 0.05) is 23.6 Å². The van der Waals surface area contributed by atoms with E-state index in [0.29, 0.717) is 6.42 Å². The van der Waals surface area contributed by atoms with Gasteiger partial charge in [0.1, 0.15) is 0 Å². The molecule has 0 saturated heterocycles. The van der Waals surface area contributed by atoms with Crippen molar-refractivity contribution in [1.82, 2.24) is 4.98 Å². The lowest BCUT2D eigenvalue weighted by Gasteiger charge is -2.09. The number of rotatable bonds is 3. The highest BCUT2D eigenvalue weighted by Crippen LogP contribution is 2.18. The Morgan fingerprint density at radius 2 is 1.76 bits per heavy atom. The number of hydrogen-bond acceptors (Lipinski definition) is 2. The van der Waals surface area contributed by atoms with Crippen LogP contribution in [0.5, 0.6) is 0 Å². The van der Waals surface area contributed by atoms with Crippen LogP contribution in [0.25, 0.3) is 10.9 Å². The van der Waals surface area contributed by atoms with Crippen LogP contribution < -0.4 is 0 Å². The Bertz CT molecular complexity index is 800. The Balaban J connectivity index is 1.94. The number of carbonyl (C=O) groups is 1. The Kier molecular flexibility index (Phi) is 3.53. The molecule has 0 amide bonds. The molecule has 2 nitrogen and oxygen atoms in total. The third-order valence-electron chi connectivity index (χ3n) is 3.91. The third kappa shape index (κ3) is 2.70. The Morgan fingerprint density at radius 1 is 1.00 bits per heavy atom. The minimum atomic E-state index is 0.151. The van der Waals surface area contributed by atoms with Gasteiger partial charge < -0.3 is 0 Å². The van der Waals surface area contributed by atoms with E-state index in [1.54, 1.807) is 6.20 Å². The number of pyridine rings is 1. The second kappa shape index (κ2) is 5.49. The molecule has 0 N–H and O–H groups in total. The predicted octanol–water partition coefficient (Wildman–Crippen LogP) is 4.28. The second-order valence-electron chi connectivity index (χ2n) is 5.38. The molecule has 0 aliphatic heterocycles. The highest BCUT2D eigenvalue weighted by molar-refractivity contribution is 6.00. The molecule has 0 aliphatic rings. The number of ketones is 1. The molecule has 2 aromatic carbocycles. The lowest BCUT2D eigenvalue weighted by atomic mass is 9.95. The molecule has 0 fully saturated rings. The molecule has 0 spiro atoms. The highest BCUT2D eigenvalue weighted by atomic mass is 16.1. The summed E-state index contributed by atoms with van der Waals surface area (Å²) in [6.07, 6.45) is 2.21. The van der Waals surface area contributed by atoms with E-state index in [4.69, 9.17) is 0 Å². The molecule has 2 heteroatoms. The molecule has 0 atom stereocenters. The lowest BCUT2D eigenvalue weighted by Crippen LogP contribution is -2.06. The molecular weight excluding hydrogens is 258 g/mol. The first-order chi connectivity index (χ1) is 10.1. The summed E-state index contributed by atoms with van der Waals surface area (Å²) in [7, 11) is 0. The molecule has 0 aliphatic carbocycles. The van der Waals surface area contributed by atoms with Crippen LogP contribution in [-0.2, 0) is 6.42 Å². The Hall–Kier alpha value is -2.48. The fourth-order valence-electron chi connectivity index (χ4n) is 2.64. The summed E-state index contributed by atoms with van der Waals surface area (Å²) in [6.45, 7) is 4.11. The van der Waals surface area contributed by atoms with Gasteiger partial charge >= 0.3 is 0 Å². The van der Waals surface area contributed by atoms with Gasteiger partial charge in [-0.25, -0.2) is 0 Å². The summed E-state index contributed by atoms with van der Waals surface area (Å²) >= 11 is 0. The van der Waals surface area contributed by atoms with E-state index >= 15 is 0 Å². The maximum absolute atomic E-state index is 12.5. The van der Waals surface area contributed by atoms with Crippen molar-refractivity contribution < 1.29 is 4.79 Å². The molecule has 3 aromatic rings. The van der Waals surface area contributed by atoms with Crippen LogP contribution >= 0.6 is 0 Å². The molecule has 1 heterocycles. The van der Waals surface area contributed by atoms with E-state index in [0.717, 1.165) is 22.0 Å². The molecule has 3 rings (SSSR count). The van der Waals surface area contributed by atoms with Crippen LogP contribution in [0.4, 0.5) is 0 Å².